The number of amides is 1. The van der Waals surface area contributed by atoms with Gasteiger partial charge in [0.25, 0.3) is 5.91 Å². The van der Waals surface area contributed by atoms with E-state index in [1.54, 1.807) is 0 Å². The van der Waals surface area contributed by atoms with Crippen LogP contribution in [0.4, 0.5) is 0 Å². The minimum Gasteiger partial charge on any atom is -0.390 e. The molecule has 2 rings (SSSR count). The van der Waals surface area contributed by atoms with Crippen molar-refractivity contribution in [2.75, 3.05) is 0 Å². The maximum Gasteiger partial charge on any atom is 0.290 e. The van der Waals surface area contributed by atoms with E-state index in [0.29, 0.717) is 12.8 Å². The third-order valence-electron chi connectivity index (χ3n) is 2.56. The summed E-state index contributed by atoms with van der Waals surface area (Å²) in [5, 5.41) is 24.8. The van der Waals surface area contributed by atoms with Gasteiger partial charge in [-0.15, -0.1) is 0 Å². The second-order valence-electron chi connectivity index (χ2n) is 3.59. The molecule has 1 heterocycles. The zero-order valence-corrected chi connectivity index (χ0v) is 7.96. The minimum absolute atomic E-state index is 0.101. The number of aromatic nitrogens is 1. The molecule has 1 aromatic rings. The summed E-state index contributed by atoms with van der Waals surface area (Å²) >= 11 is 0. The molecule has 6 heteroatoms. The number of nitrogens with one attached hydrogen (secondary N) is 1. The Morgan fingerprint density at radius 2 is 2.33 bits per heavy atom. The SMILES string of the molecule is O=C(N[C@@H]1CC[C@@H](O)[C@@H]1O)c1ccno1. The Bertz CT molecular complexity index is 338. The normalized spacial score (nSPS) is 30.4. The van der Waals surface area contributed by atoms with E-state index < -0.39 is 24.2 Å². The molecule has 1 aromatic heterocycles. The van der Waals surface area contributed by atoms with Gasteiger partial charge in [-0.25, -0.2) is 0 Å². The van der Waals surface area contributed by atoms with Crippen molar-refractivity contribution in [3.8, 4) is 0 Å². The molecule has 6 nitrogen and oxygen atoms in total. The summed E-state index contributed by atoms with van der Waals surface area (Å²) in [6.07, 6.45) is 0.751. The summed E-state index contributed by atoms with van der Waals surface area (Å²) in [7, 11) is 0. The average Bonchev–Trinajstić information content (AvgIpc) is 2.83. The van der Waals surface area contributed by atoms with Crippen molar-refractivity contribution >= 4 is 5.91 Å². The largest absolute Gasteiger partial charge is 0.390 e. The fourth-order valence-electron chi connectivity index (χ4n) is 1.69. The average molecular weight is 212 g/mol. The molecule has 0 radical (unpaired) electrons. The highest BCUT2D eigenvalue weighted by Gasteiger charge is 2.34. The Kier molecular flexibility index (Phi) is 2.70. The maximum absolute atomic E-state index is 11.5. The summed E-state index contributed by atoms with van der Waals surface area (Å²) in [5.74, 6) is -0.325. The smallest absolute Gasteiger partial charge is 0.290 e. The number of nitrogens with zero attached hydrogens (tertiary/aromatic N) is 1. The van der Waals surface area contributed by atoms with Crippen molar-refractivity contribution in [3.63, 3.8) is 0 Å². The molecule has 1 fully saturated rings. The molecule has 1 amide bonds. The van der Waals surface area contributed by atoms with Crippen LogP contribution in [-0.2, 0) is 0 Å². The van der Waals surface area contributed by atoms with Gasteiger partial charge in [-0.2, -0.15) is 0 Å². The van der Waals surface area contributed by atoms with Gasteiger partial charge < -0.3 is 20.1 Å². The van der Waals surface area contributed by atoms with Crippen LogP contribution in [0.2, 0.25) is 0 Å². The monoisotopic (exact) mass is 212 g/mol. The predicted octanol–water partition coefficient (Wildman–Crippen LogP) is -0.711. The van der Waals surface area contributed by atoms with Crippen LogP contribution in [0.15, 0.2) is 16.8 Å². The van der Waals surface area contributed by atoms with Crippen LogP contribution in [0.25, 0.3) is 0 Å². The van der Waals surface area contributed by atoms with Crippen LogP contribution in [-0.4, -0.2) is 39.5 Å². The third kappa shape index (κ3) is 2.00. The predicted molar refractivity (Wildman–Crippen MR) is 49.0 cm³/mol. The lowest BCUT2D eigenvalue weighted by atomic mass is 10.2. The van der Waals surface area contributed by atoms with E-state index in [9.17, 15) is 15.0 Å². The van der Waals surface area contributed by atoms with Gasteiger partial charge in [0.2, 0.25) is 5.76 Å². The highest BCUT2D eigenvalue weighted by atomic mass is 16.5. The maximum atomic E-state index is 11.5. The van der Waals surface area contributed by atoms with Gasteiger partial charge >= 0.3 is 0 Å². The lowest BCUT2D eigenvalue weighted by Gasteiger charge is -2.16. The topological polar surface area (TPSA) is 95.6 Å². The molecule has 1 aliphatic carbocycles. The second kappa shape index (κ2) is 4.00. The summed E-state index contributed by atoms with van der Waals surface area (Å²) in [6, 6.07) is 1.02. The molecule has 1 aliphatic rings. The van der Waals surface area contributed by atoms with Gasteiger partial charge in [-0.3, -0.25) is 4.79 Å². The Morgan fingerprint density at radius 3 is 2.87 bits per heavy atom. The fraction of sp³-hybridized carbons (Fsp3) is 0.556. The van der Waals surface area contributed by atoms with E-state index >= 15 is 0 Å². The van der Waals surface area contributed by atoms with Crippen LogP contribution >= 0.6 is 0 Å². The van der Waals surface area contributed by atoms with Crippen LogP contribution in [0.1, 0.15) is 23.4 Å². The quantitative estimate of drug-likeness (QED) is 0.601. The zero-order valence-electron chi connectivity index (χ0n) is 7.96. The molecular formula is C9H12N2O4. The van der Waals surface area contributed by atoms with Gasteiger partial charge in [0.15, 0.2) is 0 Å². The van der Waals surface area contributed by atoms with Crippen molar-refractivity contribution in [2.24, 2.45) is 0 Å². The molecule has 1 saturated carbocycles. The fourth-order valence-corrected chi connectivity index (χ4v) is 1.69. The first-order valence-electron chi connectivity index (χ1n) is 4.76. The number of carbonyl (C=O) groups excluding carboxylic acids is 1. The number of rotatable bonds is 2. The molecule has 82 valence electrons. The van der Waals surface area contributed by atoms with Crippen LogP contribution in [0.5, 0.6) is 0 Å². The van der Waals surface area contributed by atoms with Gasteiger partial charge in [0, 0.05) is 6.07 Å². The van der Waals surface area contributed by atoms with E-state index in [0.717, 1.165) is 0 Å². The Labute approximate surface area is 85.9 Å². The first-order chi connectivity index (χ1) is 7.18. The lowest BCUT2D eigenvalue weighted by molar-refractivity contribution is 0.0293. The molecule has 15 heavy (non-hydrogen) atoms. The number of hydrogen-bond donors (Lipinski definition) is 3. The van der Waals surface area contributed by atoms with E-state index in [1.165, 1.54) is 12.3 Å². The second-order valence-corrected chi connectivity index (χ2v) is 3.59. The molecule has 3 atom stereocenters. The summed E-state index contributed by atoms with van der Waals surface area (Å²) in [6.45, 7) is 0. The summed E-state index contributed by atoms with van der Waals surface area (Å²) < 4.78 is 4.66. The molecule has 0 aromatic carbocycles. The van der Waals surface area contributed by atoms with E-state index in [2.05, 4.69) is 15.0 Å². The third-order valence-corrected chi connectivity index (χ3v) is 2.56. The van der Waals surface area contributed by atoms with Crippen molar-refractivity contribution < 1.29 is 19.5 Å². The molecule has 3 N–H and O–H groups in total. The van der Waals surface area contributed by atoms with Gasteiger partial charge in [0.05, 0.1) is 18.3 Å². The number of hydrogen-bond acceptors (Lipinski definition) is 5. The Hall–Kier alpha value is -1.40. The molecule has 0 spiro atoms. The number of aliphatic hydroxyl groups is 2. The Morgan fingerprint density at radius 1 is 1.53 bits per heavy atom. The summed E-state index contributed by atoms with van der Waals surface area (Å²) in [4.78, 5) is 11.5. The molecule has 0 saturated heterocycles. The highest BCUT2D eigenvalue weighted by Crippen LogP contribution is 2.20. The molecule has 0 aliphatic heterocycles. The van der Waals surface area contributed by atoms with Crippen LogP contribution in [0, 0.1) is 0 Å². The highest BCUT2D eigenvalue weighted by molar-refractivity contribution is 5.91. The first-order valence-corrected chi connectivity index (χ1v) is 4.76. The van der Waals surface area contributed by atoms with Gasteiger partial charge in [-0.1, -0.05) is 5.16 Å². The molecule has 0 unspecified atom stereocenters. The van der Waals surface area contributed by atoms with E-state index in [-0.39, 0.29) is 5.76 Å². The van der Waals surface area contributed by atoms with Gasteiger partial charge in [0.1, 0.15) is 6.10 Å². The van der Waals surface area contributed by atoms with Crippen molar-refractivity contribution in [1.29, 1.82) is 0 Å². The van der Waals surface area contributed by atoms with E-state index in [1.807, 2.05) is 0 Å². The van der Waals surface area contributed by atoms with E-state index in [4.69, 9.17) is 0 Å². The van der Waals surface area contributed by atoms with Crippen LogP contribution < -0.4 is 5.32 Å². The van der Waals surface area contributed by atoms with Crippen molar-refractivity contribution in [3.05, 3.63) is 18.0 Å². The molecular weight excluding hydrogens is 200 g/mol. The van der Waals surface area contributed by atoms with Crippen molar-refractivity contribution in [1.82, 2.24) is 10.5 Å². The standard InChI is InChI=1S/C9H12N2O4/c12-6-2-1-5(8(6)13)11-9(14)7-3-4-10-15-7/h3-6,8,12-13H,1-2H2,(H,11,14)/t5-,6-,8-/m1/s1. The summed E-state index contributed by atoms with van der Waals surface area (Å²) in [5.41, 5.74) is 0. The lowest BCUT2D eigenvalue weighted by Crippen LogP contribution is -2.42. The Balaban J connectivity index is 1.95. The molecule has 0 bridgehead atoms. The van der Waals surface area contributed by atoms with Gasteiger partial charge in [-0.05, 0) is 12.8 Å². The minimum atomic E-state index is -0.906. The number of carbonyl (C=O) groups is 1. The first kappa shape index (κ1) is 10.1. The van der Waals surface area contributed by atoms with Crippen LogP contribution in [0.3, 0.4) is 0 Å². The van der Waals surface area contributed by atoms with Crippen molar-refractivity contribution in [2.45, 2.75) is 31.1 Å². The number of aliphatic hydroxyl groups excluding tert-OH is 2. The zero-order chi connectivity index (χ0) is 10.8.